The van der Waals surface area contributed by atoms with E-state index in [9.17, 15) is 23.9 Å². The van der Waals surface area contributed by atoms with Gasteiger partial charge in [-0.25, -0.2) is 4.39 Å². The monoisotopic (exact) mass is 490 g/mol. The van der Waals surface area contributed by atoms with Gasteiger partial charge in [0.15, 0.2) is 0 Å². The van der Waals surface area contributed by atoms with Gasteiger partial charge in [0.05, 0.1) is 32.9 Å². The Morgan fingerprint density at radius 3 is 2.79 bits per heavy atom. The Kier molecular flexibility index (Phi) is 6.87. The number of nitrogens with zero attached hydrogens (tertiary/aromatic N) is 2. The molecule has 11 heteroatoms. The molecule has 0 spiro atoms. The third-order valence-corrected chi connectivity index (χ3v) is 6.79. The quantitative estimate of drug-likeness (QED) is 0.491. The molecule has 3 aromatic rings. The minimum Gasteiger partial charge on any atom is -0.393 e. The van der Waals surface area contributed by atoms with Crippen molar-refractivity contribution in [3.8, 4) is 5.69 Å². The minimum absolute atomic E-state index is 0.0216. The summed E-state index contributed by atoms with van der Waals surface area (Å²) in [4.78, 5) is 40.9. The van der Waals surface area contributed by atoms with Crippen LogP contribution >= 0.6 is 22.9 Å². The predicted octanol–water partition coefficient (Wildman–Crippen LogP) is 2.84. The third kappa shape index (κ3) is 5.29. The smallest absolute Gasteiger partial charge is 0.273 e. The van der Waals surface area contributed by atoms with Crippen molar-refractivity contribution >= 4 is 40.4 Å². The van der Waals surface area contributed by atoms with Crippen LogP contribution in [0.15, 0.2) is 53.7 Å². The second-order valence-corrected chi connectivity index (χ2v) is 9.46. The second-order valence-electron chi connectivity index (χ2n) is 7.75. The number of hydrogen-bond acceptors (Lipinski definition) is 6. The number of anilines is 1. The highest BCUT2D eigenvalue weighted by Crippen LogP contribution is 2.32. The van der Waals surface area contributed by atoms with Gasteiger partial charge in [-0.3, -0.25) is 23.9 Å². The first kappa shape index (κ1) is 23.1. The standard InChI is InChI=1S/C22H20ClFN4O4S/c23-19-4-3-18(33-19)22(32)26-10-13-7-12(8-17(13)29)21(31)27-16-2-1-14(9-15(16)24)28-6-5-25-11-20(28)30/h1-6,9,11-13,17,29H,7-8,10H2,(H,26,32)(H,27,31). The highest BCUT2D eigenvalue weighted by Gasteiger charge is 2.37. The maximum absolute atomic E-state index is 14.6. The molecule has 0 aliphatic heterocycles. The lowest BCUT2D eigenvalue weighted by molar-refractivity contribution is -0.119. The molecule has 8 nitrogen and oxygen atoms in total. The molecular formula is C22H20ClFN4O4S. The van der Waals surface area contributed by atoms with E-state index in [0.29, 0.717) is 21.3 Å². The van der Waals surface area contributed by atoms with Gasteiger partial charge in [0.25, 0.3) is 11.5 Å². The van der Waals surface area contributed by atoms with Gasteiger partial charge in [0.1, 0.15) is 5.82 Å². The van der Waals surface area contributed by atoms with Crippen molar-refractivity contribution in [2.24, 2.45) is 11.8 Å². The average Bonchev–Trinajstić information content (AvgIpc) is 3.39. The van der Waals surface area contributed by atoms with E-state index >= 15 is 0 Å². The van der Waals surface area contributed by atoms with Crippen LogP contribution in [0.25, 0.3) is 5.69 Å². The summed E-state index contributed by atoms with van der Waals surface area (Å²) in [6.45, 7) is 0.211. The third-order valence-electron chi connectivity index (χ3n) is 5.56. The molecule has 2 aromatic heterocycles. The van der Waals surface area contributed by atoms with Crippen LogP contribution in [0.3, 0.4) is 0 Å². The summed E-state index contributed by atoms with van der Waals surface area (Å²) in [6.07, 6.45) is 3.75. The van der Waals surface area contributed by atoms with Gasteiger partial charge in [-0.2, -0.15) is 0 Å². The average molecular weight is 491 g/mol. The van der Waals surface area contributed by atoms with E-state index in [-0.39, 0.29) is 30.5 Å². The van der Waals surface area contributed by atoms with Crippen molar-refractivity contribution in [3.63, 3.8) is 0 Å². The molecule has 0 radical (unpaired) electrons. The Balaban J connectivity index is 1.35. The van der Waals surface area contributed by atoms with E-state index in [4.69, 9.17) is 11.6 Å². The number of carbonyl (C=O) groups is 2. The molecule has 33 heavy (non-hydrogen) atoms. The molecule has 2 amide bonds. The lowest BCUT2D eigenvalue weighted by atomic mass is 10.0. The number of thiophene rings is 1. The number of aliphatic hydroxyl groups is 1. The Bertz CT molecular complexity index is 1250. The maximum atomic E-state index is 14.6. The second kappa shape index (κ2) is 9.82. The van der Waals surface area contributed by atoms with Crippen molar-refractivity contribution in [2.45, 2.75) is 18.9 Å². The molecular weight excluding hydrogens is 471 g/mol. The lowest BCUT2D eigenvalue weighted by Gasteiger charge is -2.15. The molecule has 0 saturated heterocycles. The highest BCUT2D eigenvalue weighted by molar-refractivity contribution is 7.18. The van der Waals surface area contributed by atoms with E-state index in [1.165, 1.54) is 29.1 Å². The number of carbonyl (C=O) groups excluding carboxylic acids is 2. The maximum Gasteiger partial charge on any atom is 0.273 e. The molecule has 1 fully saturated rings. The van der Waals surface area contributed by atoms with Gasteiger partial charge in [-0.15, -0.1) is 11.3 Å². The molecule has 3 N–H and O–H groups in total. The van der Waals surface area contributed by atoms with Crippen LogP contribution in [-0.2, 0) is 4.79 Å². The van der Waals surface area contributed by atoms with Gasteiger partial charge in [0, 0.05) is 36.8 Å². The Morgan fingerprint density at radius 2 is 2.09 bits per heavy atom. The molecule has 1 aliphatic rings. The van der Waals surface area contributed by atoms with Gasteiger partial charge < -0.3 is 15.7 Å². The molecule has 1 saturated carbocycles. The van der Waals surface area contributed by atoms with Crippen molar-refractivity contribution in [1.29, 1.82) is 0 Å². The Labute approximate surface area is 197 Å². The molecule has 1 aromatic carbocycles. The molecule has 2 heterocycles. The zero-order valence-electron chi connectivity index (χ0n) is 17.2. The van der Waals surface area contributed by atoms with Gasteiger partial charge >= 0.3 is 0 Å². The molecule has 3 atom stereocenters. The van der Waals surface area contributed by atoms with Crippen LogP contribution in [0.1, 0.15) is 22.5 Å². The fourth-order valence-electron chi connectivity index (χ4n) is 3.83. The van der Waals surface area contributed by atoms with Crippen LogP contribution in [0, 0.1) is 17.7 Å². The zero-order chi connectivity index (χ0) is 23.5. The number of aromatic nitrogens is 2. The summed E-state index contributed by atoms with van der Waals surface area (Å²) in [5, 5.41) is 15.7. The minimum atomic E-state index is -0.765. The zero-order valence-corrected chi connectivity index (χ0v) is 18.8. The van der Waals surface area contributed by atoms with Crippen LogP contribution in [-0.4, -0.2) is 39.1 Å². The number of hydrogen-bond donors (Lipinski definition) is 3. The normalized spacial score (nSPS) is 19.9. The molecule has 3 unspecified atom stereocenters. The number of benzene rings is 1. The van der Waals surface area contributed by atoms with Crippen molar-refractivity contribution in [3.05, 3.63) is 74.3 Å². The molecule has 172 valence electrons. The van der Waals surface area contributed by atoms with E-state index in [2.05, 4.69) is 15.6 Å². The highest BCUT2D eigenvalue weighted by atomic mass is 35.5. The number of halogens is 2. The Morgan fingerprint density at radius 1 is 1.27 bits per heavy atom. The fraction of sp³-hybridized carbons (Fsp3) is 0.273. The van der Waals surface area contributed by atoms with Crippen LogP contribution < -0.4 is 16.2 Å². The van der Waals surface area contributed by atoms with E-state index in [1.807, 2.05) is 0 Å². The SMILES string of the molecule is O=C(NCC1CC(C(=O)Nc2ccc(-n3ccncc3=O)cc2F)CC1O)c1ccc(Cl)s1. The summed E-state index contributed by atoms with van der Waals surface area (Å²) in [7, 11) is 0. The first-order chi connectivity index (χ1) is 15.8. The first-order valence-electron chi connectivity index (χ1n) is 10.2. The van der Waals surface area contributed by atoms with E-state index in [0.717, 1.165) is 23.6 Å². The van der Waals surface area contributed by atoms with Crippen molar-refractivity contribution in [1.82, 2.24) is 14.9 Å². The summed E-state index contributed by atoms with van der Waals surface area (Å²) < 4.78 is 16.3. The van der Waals surface area contributed by atoms with Gasteiger partial charge in [-0.05, 0) is 37.1 Å². The van der Waals surface area contributed by atoms with E-state index in [1.54, 1.807) is 12.1 Å². The number of aliphatic hydroxyl groups excluding tert-OH is 1. The van der Waals surface area contributed by atoms with Crippen LogP contribution in [0.5, 0.6) is 0 Å². The van der Waals surface area contributed by atoms with Crippen molar-refractivity contribution in [2.75, 3.05) is 11.9 Å². The predicted molar refractivity (Wildman–Crippen MR) is 122 cm³/mol. The van der Waals surface area contributed by atoms with Crippen LogP contribution in [0.2, 0.25) is 4.34 Å². The Hall–Kier alpha value is -3.08. The fourth-order valence-corrected chi connectivity index (χ4v) is 4.79. The van der Waals surface area contributed by atoms with Crippen LogP contribution in [0.4, 0.5) is 10.1 Å². The molecule has 4 rings (SSSR count). The largest absolute Gasteiger partial charge is 0.393 e. The summed E-state index contributed by atoms with van der Waals surface area (Å²) in [6, 6.07) is 7.29. The van der Waals surface area contributed by atoms with Gasteiger partial charge in [-0.1, -0.05) is 11.6 Å². The summed E-state index contributed by atoms with van der Waals surface area (Å²) >= 11 is 7.00. The molecule has 0 bridgehead atoms. The van der Waals surface area contributed by atoms with Crippen molar-refractivity contribution < 1.29 is 19.1 Å². The number of amides is 2. The lowest BCUT2D eigenvalue weighted by Crippen LogP contribution is -2.32. The number of rotatable bonds is 6. The summed E-state index contributed by atoms with van der Waals surface area (Å²) in [5.74, 6) is -2.23. The van der Waals surface area contributed by atoms with Gasteiger partial charge in [0.2, 0.25) is 5.91 Å². The number of nitrogens with one attached hydrogen (secondary N) is 2. The summed E-state index contributed by atoms with van der Waals surface area (Å²) in [5.41, 5.74) is -0.127. The molecule has 1 aliphatic carbocycles. The topological polar surface area (TPSA) is 113 Å². The van der Waals surface area contributed by atoms with E-state index < -0.39 is 29.3 Å². The first-order valence-corrected chi connectivity index (χ1v) is 11.4.